The van der Waals surface area contributed by atoms with E-state index in [-0.39, 0.29) is 11.8 Å². The summed E-state index contributed by atoms with van der Waals surface area (Å²) < 4.78 is 5.21. The van der Waals surface area contributed by atoms with Crippen LogP contribution in [0, 0.1) is 13.8 Å². The van der Waals surface area contributed by atoms with E-state index in [4.69, 9.17) is 4.52 Å². The second-order valence-electron chi connectivity index (χ2n) is 6.92. The van der Waals surface area contributed by atoms with E-state index in [9.17, 15) is 4.79 Å². The van der Waals surface area contributed by atoms with Crippen molar-refractivity contribution >= 4 is 5.91 Å². The number of aryl methyl sites for hydroxylation is 2. The lowest BCUT2D eigenvalue weighted by Crippen LogP contribution is -2.39. The predicted octanol–water partition coefficient (Wildman–Crippen LogP) is 4.01. The summed E-state index contributed by atoms with van der Waals surface area (Å²) in [5.74, 6) is 1.05. The third-order valence-corrected chi connectivity index (χ3v) is 5.26. The van der Waals surface area contributed by atoms with Crippen LogP contribution in [0.3, 0.4) is 0 Å². The van der Waals surface area contributed by atoms with Crippen LogP contribution < -0.4 is 0 Å². The molecule has 26 heavy (non-hydrogen) atoms. The standard InChI is InChI=1S/C22H22N2O2/c1-15-20(16(2)26-23-15)12-22(25)24-13-18-10-6-7-11-19(18)21(14-24)17-8-4-3-5-9-17/h3-11,21H,12-14H2,1-2H3/t21-/m0/s1. The minimum atomic E-state index is 0.120. The van der Waals surface area contributed by atoms with Gasteiger partial charge in [-0.3, -0.25) is 4.79 Å². The monoisotopic (exact) mass is 346 g/mol. The Balaban J connectivity index is 1.64. The van der Waals surface area contributed by atoms with Crippen molar-refractivity contribution in [2.24, 2.45) is 0 Å². The Kier molecular flexibility index (Phi) is 4.33. The molecule has 4 nitrogen and oxygen atoms in total. The van der Waals surface area contributed by atoms with Gasteiger partial charge in [-0.25, -0.2) is 0 Å². The summed E-state index contributed by atoms with van der Waals surface area (Å²) >= 11 is 0. The topological polar surface area (TPSA) is 46.3 Å². The van der Waals surface area contributed by atoms with Crippen molar-refractivity contribution in [2.45, 2.75) is 32.7 Å². The molecule has 1 aliphatic heterocycles. The van der Waals surface area contributed by atoms with Gasteiger partial charge in [-0.2, -0.15) is 0 Å². The largest absolute Gasteiger partial charge is 0.361 e. The average Bonchev–Trinajstić information content (AvgIpc) is 2.99. The van der Waals surface area contributed by atoms with Gasteiger partial charge < -0.3 is 9.42 Å². The quantitative estimate of drug-likeness (QED) is 0.720. The number of hydrogen-bond donors (Lipinski definition) is 0. The molecule has 1 aromatic heterocycles. The number of fused-ring (bicyclic) bond motifs is 1. The normalized spacial score (nSPS) is 16.4. The van der Waals surface area contributed by atoms with Gasteiger partial charge in [0, 0.05) is 24.6 Å². The van der Waals surface area contributed by atoms with Gasteiger partial charge in [0.05, 0.1) is 12.1 Å². The summed E-state index contributed by atoms with van der Waals surface area (Å²) in [6, 6.07) is 18.9. The van der Waals surface area contributed by atoms with Gasteiger partial charge in [0.1, 0.15) is 5.76 Å². The maximum atomic E-state index is 13.0. The zero-order chi connectivity index (χ0) is 18.1. The highest BCUT2D eigenvalue weighted by Gasteiger charge is 2.29. The molecule has 0 unspecified atom stereocenters. The summed E-state index contributed by atoms with van der Waals surface area (Å²) in [5, 5.41) is 3.97. The minimum absolute atomic E-state index is 0.120. The van der Waals surface area contributed by atoms with Crippen LogP contribution in [0.25, 0.3) is 0 Å². The molecule has 0 fully saturated rings. The van der Waals surface area contributed by atoms with Gasteiger partial charge in [-0.1, -0.05) is 59.8 Å². The van der Waals surface area contributed by atoms with Crippen LogP contribution in [0.4, 0.5) is 0 Å². The summed E-state index contributed by atoms with van der Waals surface area (Å²) in [7, 11) is 0. The van der Waals surface area contributed by atoms with Gasteiger partial charge in [0.25, 0.3) is 0 Å². The Morgan fingerprint density at radius 1 is 1.12 bits per heavy atom. The molecule has 0 aliphatic carbocycles. The fourth-order valence-electron chi connectivity index (χ4n) is 3.78. The number of nitrogens with zero attached hydrogens (tertiary/aromatic N) is 2. The number of aromatic nitrogens is 1. The summed E-state index contributed by atoms with van der Waals surface area (Å²) in [5.41, 5.74) is 5.49. The van der Waals surface area contributed by atoms with Crippen LogP contribution in [-0.4, -0.2) is 22.5 Å². The van der Waals surface area contributed by atoms with Crippen molar-refractivity contribution in [3.63, 3.8) is 0 Å². The molecule has 4 rings (SSSR count). The molecule has 0 spiro atoms. The number of hydrogen-bond acceptors (Lipinski definition) is 3. The Morgan fingerprint density at radius 2 is 1.85 bits per heavy atom. The molecule has 1 amide bonds. The van der Waals surface area contributed by atoms with E-state index in [0.29, 0.717) is 19.5 Å². The molecular formula is C22H22N2O2. The summed E-state index contributed by atoms with van der Waals surface area (Å²) in [4.78, 5) is 15.0. The van der Waals surface area contributed by atoms with Crippen LogP contribution in [-0.2, 0) is 17.8 Å². The fraction of sp³-hybridized carbons (Fsp3) is 0.273. The second-order valence-corrected chi connectivity index (χ2v) is 6.92. The van der Waals surface area contributed by atoms with E-state index in [1.165, 1.54) is 16.7 Å². The predicted molar refractivity (Wildman–Crippen MR) is 99.8 cm³/mol. The van der Waals surface area contributed by atoms with E-state index in [2.05, 4.69) is 47.6 Å². The second kappa shape index (κ2) is 6.79. The van der Waals surface area contributed by atoms with E-state index in [1.54, 1.807) is 0 Å². The third-order valence-electron chi connectivity index (χ3n) is 5.26. The van der Waals surface area contributed by atoms with Gasteiger partial charge in [0.2, 0.25) is 5.91 Å². The number of carbonyl (C=O) groups excluding carboxylic acids is 1. The number of rotatable bonds is 3. The molecule has 0 saturated carbocycles. The lowest BCUT2D eigenvalue weighted by atomic mass is 9.84. The van der Waals surface area contributed by atoms with Crippen LogP contribution in [0.2, 0.25) is 0 Å². The maximum absolute atomic E-state index is 13.0. The highest BCUT2D eigenvalue weighted by atomic mass is 16.5. The first kappa shape index (κ1) is 16.6. The average molecular weight is 346 g/mol. The molecule has 2 heterocycles. The number of carbonyl (C=O) groups is 1. The molecule has 0 bridgehead atoms. The first-order valence-electron chi connectivity index (χ1n) is 8.95. The van der Waals surface area contributed by atoms with Gasteiger partial charge in [0.15, 0.2) is 0 Å². The molecule has 132 valence electrons. The first-order chi connectivity index (χ1) is 12.6. The molecule has 0 saturated heterocycles. The molecule has 3 aromatic rings. The van der Waals surface area contributed by atoms with Crippen molar-refractivity contribution in [1.29, 1.82) is 0 Å². The summed E-state index contributed by atoms with van der Waals surface area (Å²) in [6.07, 6.45) is 0.338. The van der Waals surface area contributed by atoms with E-state index < -0.39 is 0 Å². The van der Waals surface area contributed by atoms with Crippen molar-refractivity contribution in [2.75, 3.05) is 6.54 Å². The van der Waals surface area contributed by atoms with Crippen molar-refractivity contribution in [3.05, 3.63) is 88.3 Å². The fourth-order valence-corrected chi connectivity index (χ4v) is 3.78. The Hall–Kier alpha value is -2.88. The molecule has 4 heteroatoms. The van der Waals surface area contributed by atoms with E-state index >= 15 is 0 Å². The zero-order valence-corrected chi connectivity index (χ0v) is 15.1. The first-order valence-corrected chi connectivity index (χ1v) is 8.95. The molecule has 1 aliphatic rings. The van der Waals surface area contributed by atoms with Crippen LogP contribution in [0.5, 0.6) is 0 Å². The maximum Gasteiger partial charge on any atom is 0.227 e. The SMILES string of the molecule is Cc1noc(C)c1CC(=O)N1Cc2ccccc2[C@H](c2ccccc2)C1. The molecule has 1 atom stereocenters. The van der Waals surface area contributed by atoms with Crippen molar-refractivity contribution in [1.82, 2.24) is 10.1 Å². The third kappa shape index (κ3) is 3.03. The van der Waals surface area contributed by atoms with Crippen LogP contribution in [0.15, 0.2) is 59.1 Å². The lowest BCUT2D eigenvalue weighted by Gasteiger charge is -2.35. The van der Waals surface area contributed by atoms with Crippen LogP contribution in [0.1, 0.15) is 39.6 Å². The van der Waals surface area contributed by atoms with E-state index in [1.807, 2.05) is 30.9 Å². The number of amides is 1. The highest BCUT2D eigenvalue weighted by molar-refractivity contribution is 5.79. The smallest absolute Gasteiger partial charge is 0.227 e. The minimum Gasteiger partial charge on any atom is -0.361 e. The summed E-state index contributed by atoms with van der Waals surface area (Å²) in [6.45, 7) is 5.10. The Morgan fingerprint density at radius 3 is 2.58 bits per heavy atom. The molecule has 0 radical (unpaired) electrons. The highest BCUT2D eigenvalue weighted by Crippen LogP contribution is 2.33. The van der Waals surface area contributed by atoms with Crippen molar-refractivity contribution in [3.8, 4) is 0 Å². The van der Waals surface area contributed by atoms with Gasteiger partial charge >= 0.3 is 0 Å². The van der Waals surface area contributed by atoms with Crippen LogP contribution >= 0.6 is 0 Å². The van der Waals surface area contributed by atoms with Gasteiger partial charge in [-0.05, 0) is 30.5 Å². The molecule has 2 aromatic carbocycles. The lowest BCUT2D eigenvalue weighted by molar-refractivity contribution is -0.131. The number of benzene rings is 2. The Labute approximate surface area is 153 Å². The zero-order valence-electron chi connectivity index (χ0n) is 15.1. The van der Waals surface area contributed by atoms with Gasteiger partial charge in [-0.15, -0.1) is 0 Å². The van der Waals surface area contributed by atoms with Crippen molar-refractivity contribution < 1.29 is 9.32 Å². The Bertz CT molecular complexity index is 911. The van der Waals surface area contributed by atoms with E-state index in [0.717, 1.165) is 17.0 Å². The molecular weight excluding hydrogens is 324 g/mol. The molecule has 0 N–H and O–H groups in total.